The zero-order chi connectivity index (χ0) is 14.9. The van der Waals surface area contributed by atoms with Crippen LogP contribution in [0.5, 0.6) is 11.5 Å². The highest BCUT2D eigenvalue weighted by molar-refractivity contribution is 9.10. The van der Waals surface area contributed by atoms with Gasteiger partial charge >= 0.3 is 0 Å². The van der Waals surface area contributed by atoms with E-state index in [0.29, 0.717) is 5.56 Å². The number of hydrogen-bond donors (Lipinski definition) is 1. The number of halogens is 4. The van der Waals surface area contributed by atoms with Crippen LogP contribution in [0.25, 0.3) is 0 Å². The van der Waals surface area contributed by atoms with Crippen molar-refractivity contribution in [1.29, 1.82) is 0 Å². The van der Waals surface area contributed by atoms with E-state index in [1.54, 1.807) is 0 Å². The van der Waals surface area contributed by atoms with E-state index in [2.05, 4.69) is 15.9 Å². The lowest BCUT2D eigenvalue weighted by atomic mass is 10.1. The maximum absolute atomic E-state index is 13.8. The van der Waals surface area contributed by atoms with Gasteiger partial charge in [0, 0.05) is 4.47 Å². The average molecular weight is 347 g/mol. The van der Waals surface area contributed by atoms with Gasteiger partial charge in [-0.05, 0) is 36.8 Å². The number of aliphatic hydroxyl groups excluding tert-OH is 1. The molecule has 0 saturated heterocycles. The summed E-state index contributed by atoms with van der Waals surface area (Å²) in [4.78, 5) is 0. The molecule has 0 bridgehead atoms. The summed E-state index contributed by atoms with van der Waals surface area (Å²) in [6.07, 6.45) is -0.835. The Morgan fingerprint density at radius 3 is 2.35 bits per heavy atom. The minimum Gasteiger partial charge on any atom is -0.451 e. The second kappa shape index (κ2) is 5.85. The van der Waals surface area contributed by atoms with Crippen LogP contribution in [0.15, 0.2) is 34.8 Å². The summed E-state index contributed by atoms with van der Waals surface area (Å²) in [5.74, 6) is -3.77. The van der Waals surface area contributed by atoms with Gasteiger partial charge in [-0.3, -0.25) is 0 Å². The fraction of sp³-hybridized carbons (Fsp3) is 0.143. The van der Waals surface area contributed by atoms with E-state index in [1.165, 1.54) is 25.1 Å². The molecule has 106 valence electrons. The van der Waals surface area contributed by atoms with Gasteiger partial charge in [-0.15, -0.1) is 0 Å². The first-order valence-corrected chi connectivity index (χ1v) is 6.47. The maximum atomic E-state index is 13.8. The SMILES string of the molecule is C[C@H](O)c1ccc(Oc2cc(Br)cc(F)c2F)c(F)c1. The number of ether oxygens (including phenoxy) is 1. The Balaban J connectivity index is 2.35. The van der Waals surface area contributed by atoms with Gasteiger partial charge in [0.1, 0.15) is 0 Å². The number of benzene rings is 2. The largest absolute Gasteiger partial charge is 0.451 e. The van der Waals surface area contributed by atoms with E-state index < -0.39 is 29.3 Å². The van der Waals surface area contributed by atoms with E-state index in [4.69, 9.17) is 4.74 Å². The van der Waals surface area contributed by atoms with Crippen LogP contribution in [-0.2, 0) is 0 Å². The molecule has 0 aliphatic heterocycles. The van der Waals surface area contributed by atoms with Gasteiger partial charge in [0.2, 0.25) is 5.82 Å². The molecule has 20 heavy (non-hydrogen) atoms. The Hall–Kier alpha value is -1.53. The van der Waals surface area contributed by atoms with Gasteiger partial charge in [0.15, 0.2) is 23.1 Å². The predicted octanol–water partition coefficient (Wildman–Crippen LogP) is 4.71. The Bertz CT molecular complexity index is 645. The fourth-order valence-electron chi connectivity index (χ4n) is 1.58. The molecular formula is C14H10BrF3O2. The lowest BCUT2D eigenvalue weighted by Crippen LogP contribution is -1.97. The predicted molar refractivity (Wildman–Crippen MR) is 71.2 cm³/mol. The molecule has 0 unspecified atom stereocenters. The van der Waals surface area contributed by atoms with E-state index in [0.717, 1.165) is 12.1 Å². The average Bonchev–Trinajstić information content (AvgIpc) is 2.37. The molecular weight excluding hydrogens is 337 g/mol. The first kappa shape index (κ1) is 14.9. The minimum atomic E-state index is -1.20. The summed E-state index contributed by atoms with van der Waals surface area (Å²) >= 11 is 3.00. The van der Waals surface area contributed by atoms with Crippen molar-refractivity contribution < 1.29 is 23.0 Å². The van der Waals surface area contributed by atoms with Gasteiger partial charge in [-0.25, -0.2) is 8.78 Å². The molecule has 0 amide bonds. The molecule has 2 aromatic rings. The highest BCUT2D eigenvalue weighted by Gasteiger charge is 2.15. The molecule has 0 aliphatic carbocycles. The van der Waals surface area contributed by atoms with Crippen molar-refractivity contribution in [3.8, 4) is 11.5 Å². The topological polar surface area (TPSA) is 29.5 Å². The zero-order valence-electron chi connectivity index (χ0n) is 10.3. The number of aliphatic hydroxyl groups is 1. The molecule has 2 rings (SSSR count). The summed E-state index contributed by atoms with van der Waals surface area (Å²) in [7, 11) is 0. The molecule has 0 aliphatic rings. The second-order valence-electron chi connectivity index (χ2n) is 4.17. The third-order valence-corrected chi connectivity index (χ3v) is 3.08. The number of hydrogen-bond acceptors (Lipinski definition) is 2. The van der Waals surface area contributed by atoms with Crippen molar-refractivity contribution >= 4 is 15.9 Å². The van der Waals surface area contributed by atoms with Crippen LogP contribution in [0.4, 0.5) is 13.2 Å². The molecule has 1 atom stereocenters. The highest BCUT2D eigenvalue weighted by Crippen LogP contribution is 2.31. The van der Waals surface area contributed by atoms with E-state index in [-0.39, 0.29) is 10.2 Å². The molecule has 0 saturated carbocycles. The lowest BCUT2D eigenvalue weighted by molar-refractivity contribution is 0.198. The standard InChI is InChI=1S/C14H10BrF3O2/c1-7(19)8-2-3-12(10(16)4-8)20-13-6-9(15)5-11(17)14(13)18/h2-7,19H,1H3/t7-/m0/s1. The van der Waals surface area contributed by atoms with Crippen molar-refractivity contribution in [2.24, 2.45) is 0 Å². The maximum Gasteiger partial charge on any atom is 0.201 e. The van der Waals surface area contributed by atoms with Crippen molar-refractivity contribution in [2.75, 3.05) is 0 Å². The van der Waals surface area contributed by atoms with Crippen molar-refractivity contribution in [3.05, 3.63) is 57.8 Å². The zero-order valence-corrected chi connectivity index (χ0v) is 11.9. The molecule has 0 fully saturated rings. The molecule has 0 radical (unpaired) electrons. The van der Waals surface area contributed by atoms with Gasteiger partial charge in [-0.1, -0.05) is 22.0 Å². The molecule has 6 heteroatoms. The Morgan fingerprint density at radius 2 is 1.75 bits per heavy atom. The fourth-order valence-corrected chi connectivity index (χ4v) is 1.99. The third kappa shape index (κ3) is 3.13. The van der Waals surface area contributed by atoms with Crippen LogP contribution in [0.2, 0.25) is 0 Å². The molecule has 0 aromatic heterocycles. The van der Waals surface area contributed by atoms with Crippen LogP contribution < -0.4 is 4.74 Å². The van der Waals surface area contributed by atoms with Gasteiger partial charge in [-0.2, -0.15) is 4.39 Å². The Kier molecular flexibility index (Phi) is 4.35. The molecule has 0 heterocycles. The van der Waals surface area contributed by atoms with Crippen LogP contribution in [0.3, 0.4) is 0 Å². The summed E-state index contributed by atoms with van der Waals surface area (Å²) in [5.41, 5.74) is 0.357. The quantitative estimate of drug-likeness (QED) is 0.815. The molecule has 0 spiro atoms. The van der Waals surface area contributed by atoms with Crippen molar-refractivity contribution in [2.45, 2.75) is 13.0 Å². The normalized spacial score (nSPS) is 12.3. The van der Waals surface area contributed by atoms with E-state index in [1.807, 2.05) is 0 Å². The summed E-state index contributed by atoms with van der Waals surface area (Å²) in [6, 6.07) is 5.90. The van der Waals surface area contributed by atoms with Crippen LogP contribution in [-0.4, -0.2) is 5.11 Å². The van der Waals surface area contributed by atoms with E-state index >= 15 is 0 Å². The van der Waals surface area contributed by atoms with Crippen molar-refractivity contribution in [3.63, 3.8) is 0 Å². The van der Waals surface area contributed by atoms with Crippen LogP contribution in [0, 0.1) is 17.5 Å². The van der Waals surface area contributed by atoms with Crippen LogP contribution in [0.1, 0.15) is 18.6 Å². The second-order valence-corrected chi connectivity index (χ2v) is 5.08. The van der Waals surface area contributed by atoms with Gasteiger partial charge in [0.05, 0.1) is 6.10 Å². The lowest BCUT2D eigenvalue weighted by Gasteiger charge is -2.11. The Labute approximate surface area is 121 Å². The first-order valence-electron chi connectivity index (χ1n) is 5.68. The number of rotatable bonds is 3. The monoisotopic (exact) mass is 346 g/mol. The van der Waals surface area contributed by atoms with Crippen molar-refractivity contribution in [1.82, 2.24) is 0 Å². The van der Waals surface area contributed by atoms with E-state index in [9.17, 15) is 18.3 Å². The Morgan fingerprint density at radius 1 is 1.05 bits per heavy atom. The molecule has 2 nitrogen and oxygen atoms in total. The first-order chi connectivity index (χ1) is 9.38. The minimum absolute atomic E-state index is 0.259. The summed E-state index contributed by atoms with van der Waals surface area (Å²) < 4.78 is 45.8. The smallest absolute Gasteiger partial charge is 0.201 e. The summed E-state index contributed by atoms with van der Waals surface area (Å²) in [5, 5.41) is 9.32. The molecule has 1 N–H and O–H groups in total. The van der Waals surface area contributed by atoms with Crippen LogP contribution >= 0.6 is 15.9 Å². The highest BCUT2D eigenvalue weighted by atomic mass is 79.9. The third-order valence-electron chi connectivity index (χ3n) is 2.62. The molecule has 2 aromatic carbocycles. The summed E-state index contributed by atoms with van der Waals surface area (Å²) in [6.45, 7) is 1.48. The van der Waals surface area contributed by atoms with Gasteiger partial charge in [0.25, 0.3) is 0 Å². The van der Waals surface area contributed by atoms with Gasteiger partial charge < -0.3 is 9.84 Å².